The monoisotopic (exact) mass is 559 g/mol. The van der Waals surface area contributed by atoms with E-state index >= 15 is 0 Å². The van der Waals surface area contributed by atoms with Crippen LogP contribution in [0, 0.1) is 0 Å². The van der Waals surface area contributed by atoms with Crippen LogP contribution in [0.1, 0.15) is 86.0 Å². The van der Waals surface area contributed by atoms with E-state index in [1.54, 1.807) is 27.7 Å². The number of carbonyl (C=O) groups is 3. The van der Waals surface area contributed by atoms with Gasteiger partial charge in [0.2, 0.25) is 0 Å². The molecule has 0 radical (unpaired) electrons. The Morgan fingerprint density at radius 3 is 2.26 bits per heavy atom. The maximum absolute atomic E-state index is 14.4. The summed E-state index contributed by atoms with van der Waals surface area (Å²) in [5, 5.41) is 2.96. The van der Waals surface area contributed by atoms with E-state index in [0.717, 1.165) is 16.9 Å². The molecule has 3 rings (SSSR count). The van der Waals surface area contributed by atoms with Gasteiger partial charge in [-0.3, -0.25) is 10.1 Å². The molecule has 2 aromatic rings. The molecule has 1 unspecified atom stereocenters. The van der Waals surface area contributed by atoms with Gasteiger partial charge in [0.05, 0.1) is 29.1 Å². The molecule has 38 heavy (non-hydrogen) atoms. The maximum atomic E-state index is 14.4. The predicted octanol–water partition coefficient (Wildman–Crippen LogP) is 7.36. The summed E-state index contributed by atoms with van der Waals surface area (Å²) in [4.78, 5) is 40.5. The normalized spacial score (nSPS) is 18.1. The molecule has 0 spiro atoms. The molecule has 0 aliphatic heterocycles. The van der Waals surface area contributed by atoms with Crippen molar-refractivity contribution in [3.8, 4) is 0 Å². The molecule has 1 aliphatic rings. The second-order valence-corrected chi connectivity index (χ2v) is 18.1. The van der Waals surface area contributed by atoms with Crippen LogP contribution in [0.15, 0.2) is 30.3 Å². The highest BCUT2D eigenvalue weighted by molar-refractivity contribution is 7.19. The lowest BCUT2D eigenvalue weighted by atomic mass is 9.69. The molecule has 7 nitrogen and oxygen atoms in total. The predicted molar refractivity (Wildman–Crippen MR) is 154 cm³/mol. The second kappa shape index (κ2) is 10.9. The van der Waals surface area contributed by atoms with Crippen LogP contribution in [0.25, 0.3) is 0 Å². The van der Waals surface area contributed by atoms with Crippen LogP contribution in [0.4, 0.5) is 9.80 Å². The largest absolute Gasteiger partial charge is 0.462 e. The lowest BCUT2D eigenvalue weighted by Gasteiger charge is -2.42. The van der Waals surface area contributed by atoms with Crippen LogP contribution < -0.4 is 5.32 Å². The molecule has 1 aromatic heterocycles. The molecule has 9 heteroatoms. The number of carbonyl (C=O) groups excluding carboxylic acids is 3. The molecule has 0 saturated heterocycles. The second-order valence-electron chi connectivity index (χ2n) is 12.3. The van der Waals surface area contributed by atoms with Crippen molar-refractivity contribution in [1.29, 1.82) is 0 Å². The van der Waals surface area contributed by atoms with E-state index in [-0.39, 0.29) is 34.6 Å². The highest BCUT2D eigenvalue weighted by Crippen LogP contribution is 2.47. The number of amides is 1. The van der Waals surface area contributed by atoms with E-state index in [0.29, 0.717) is 23.3 Å². The fraction of sp³-hybridized carbons (Fsp3) is 0.552. The number of benzene rings is 1. The molecule has 1 heterocycles. The molecule has 1 aliphatic carbocycles. The lowest BCUT2D eigenvalue weighted by molar-refractivity contribution is 0.0526. The number of ketones is 1. The van der Waals surface area contributed by atoms with E-state index in [2.05, 4.69) is 39.2 Å². The van der Waals surface area contributed by atoms with Crippen LogP contribution in [-0.4, -0.2) is 45.0 Å². The number of thiophene rings is 1. The number of hydrogen-bond donors (Lipinski definition) is 1. The molecule has 1 atom stereocenters. The average molecular weight is 560 g/mol. The molecule has 0 bridgehead atoms. The standard InChI is InChI=1S/C29H41NO6SSi/c1-10-34-25(32)21-20-16-17-29(19-14-12-11-13-15-19,18-35-38(8,9)28(5,6)7)23(31)22(20)37-24(21)30-26(33)36-27(2,3)4/h11-15H,10,16-18H2,1-9H3,(H,30,33). The van der Waals surface area contributed by atoms with E-state index in [9.17, 15) is 14.4 Å². The first-order valence-electron chi connectivity index (χ1n) is 13.1. The highest BCUT2D eigenvalue weighted by Gasteiger charge is 2.49. The Labute approximate surface area is 231 Å². The summed E-state index contributed by atoms with van der Waals surface area (Å²) >= 11 is 1.11. The Bertz CT molecular complexity index is 1190. The maximum Gasteiger partial charge on any atom is 0.412 e. The zero-order valence-corrected chi connectivity index (χ0v) is 25.9. The Morgan fingerprint density at radius 2 is 1.71 bits per heavy atom. The molecule has 1 aromatic carbocycles. The van der Waals surface area contributed by atoms with Crippen molar-refractivity contribution in [2.45, 2.75) is 90.5 Å². The van der Waals surface area contributed by atoms with Crippen LogP contribution in [-0.2, 0) is 25.7 Å². The van der Waals surface area contributed by atoms with Gasteiger partial charge in [-0.1, -0.05) is 51.1 Å². The van der Waals surface area contributed by atoms with Crippen LogP contribution in [0.3, 0.4) is 0 Å². The third kappa shape index (κ3) is 6.21. The summed E-state index contributed by atoms with van der Waals surface area (Å²) in [6, 6.07) is 9.73. The van der Waals surface area contributed by atoms with Crippen molar-refractivity contribution >= 4 is 42.5 Å². The quantitative estimate of drug-likeness (QED) is 0.281. The number of anilines is 1. The molecule has 0 saturated carbocycles. The lowest BCUT2D eigenvalue weighted by Crippen LogP contribution is -2.49. The molecular weight excluding hydrogens is 518 g/mol. The minimum absolute atomic E-state index is 0.0156. The summed E-state index contributed by atoms with van der Waals surface area (Å²) in [6.07, 6.45) is 0.258. The Kier molecular flexibility index (Phi) is 8.65. The van der Waals surface area contributed by atoms with Gasteiger partial charge in [0, 0.05) is 0 Å². The van der Waals surface area contributed by atoms with Gasteiger partial charge in [-0.2, -0.15) is 0 Å². The zero-order valence-electron chi connectivity index (χ0n) is 24.1. The highest BCUT2D eigenvalue weighted by atomic mass is 32.1. The van der Waals surface area contributed by atoms with Crippen molar-refractivity contribution in [2.75, 3.05) is 18.5 Å². The number of hydrogen-bond acceptors (Lipinski definition) is 7. The van der Waals surface area contributed by atoms with Crippen LogP contribution >= 0.6 is 11.3 Å². The Hall–Kier alpha value is -2.49. The van der Waals surface area contributed by atoms with Crippen LogP contribution in [0.2, 0.25) is 18.1 Å². The Balaban J connectivity index is 2.10. The smallest absolute Gasteiger partial charge is 0.412 e. The first-order chi connectivity index (χ1) is 17.5. The SMILES string of the molecule is CCOC(=O)c1c(NC(=O)OC(C)(C)C)sc2c1CCC(CO[Si](C)(C)C(C)(C)C)(c1ccccc1)C2=O. The van der Waals surface area contributed by atoms with Gasteiger partial charge >= 0.3 is 12.1 Å². The summed E-state index contributed by atoms with van der Waals surface area (Å²) < 4.78 is 17.4. The van der Waals surface area contributed by atoms with Gasteiger partial charge < -0.3 is 13.9 Å². The van der Waals surface area contributed by atoms with Crippen molar-refractivity contribution < 1.29 is 28.3 Å². The number of Topliss-reactive ketones (excluding diaryl/α,β-unsaturated/α-hetero) is 1. The third-order valence-electron chi connectivity index (χ3n) is 7.36. The summed E-state index contributed by atoms with van der Waals surface area (Å²) in [5.41, 5.74) is 0.122. The van der Waals surface area contributed by atoms with Crippen molar-refractivity contribution in [1.82, 2.24) is 0 Å². The van der Waals surface area contributed by atoms with E-state index in [1.807, 2.05) is 30.3 Å². The molecule has 208 valence electrons. The molecule has 0 fully saturated rings. The number of fused-ring (bicyclic) bond motifs is 1. The summed E-state index contributed by atoms with van der Waals surface area (Å²) in [6.45, 7) is 18.3. The fourth-order valence-corrected chi connectivity index (χ4v) is 6.54. The molecule has 1 N–H and O–H groups in total. The third-order valence-corrected chi connectivity index (χ3v) is 13.0. The first-order valence-corrected chi connectivity index (χ1v) is 16.8. The van der Waals surface area contributed by atoms with Gasteiger partial charge in [0.25, 0.3) is 0 Å². The zero-order chi connectivity index (χ0) is 28.5. The average Bonchev–Trinajstić information content (AvgIpc) is 3.16. The first kappa shape index (κ1) is 30.1. The van der Waals surface area contributed by atoms with Gasteiger partial charge in [-0.15, -0.1) is 11.3 Å². The van der Waals surface area contributed by atoms with E-state index < -0.39 is 31.4 Å². The summed E-state index contributed by atoms with van der Waals surface area (Å²) in [7, 11) is -2.17. The van der Waals surface area contributed by atoms with Gasteiger partial charge in [0.15, 0.2) is 14.1 Å². The summed E-state index contributed by atoms with van der Waals surface area (Å²) in [5.74, 6) is -0.662. The molecule has 1 amide bonds. The fourth-order valence-electron chi connectivity index (χ4n) is 4.23. The topological polar surface area (TPSA) is 90.9 Å². The van der Waals surface area contributed by atoms with Gasteiger partial charge in [-0.25, -0.2) is 9.59 Å². The number of ether oxygens (including phenoxy) is 2. The molecular formula is C29H41NO6SSi. The van der Waals surface area contributed by atoms with Crippen molar-refractivity contribution in [2.24, 2.45) is 0 Å². The van der Waals surface area contributed by atoms with Crippen LogP contribution in [0.5, 0.6) is 0 Å². The number of nitrogens with one attached hydrogen (secondary N) is 1. The van der Waals surface area contributed by atoms with E-state index in [1.165, 1.54) is 0 Å². The number of rotatable bonds is 7. The van der Waals surface area contributed by atoms with Crippen molar-refractivity contribution in [3.63, 3.8) is 0 Å². The minimum atomic E-state index is -2.17. The van der Waals surface area contributed by atoms with Gasteiger partial charge in [-0.05, 0) is 69.8 Å². The Morgan fingerprint density at radius 1 is 1.08 bits per heavy atom. The minimum Gasteiger partial charge on any atom is -0.462 e. The number of esters is 1. The van der Waals surface area contributed by atoms with Gasteiger partial charge in [0.1, 0.15) is 10.6 Å². The van der Waals surface area contributed by atoms with Crippen molar-refractivity contribution in [3.05, 3.63) is 51.9 Å². The van der Waals surface area contributed by atoms with E-state index in [4.69, 9.17) is 13.9 Å².